The molecule has 0 aliphatic heterocycles. The molecule has 0 spiro atoms. The van der Waals surface area contributed by atoms with Gasteiger partial charge in [-0.3, -0.25) is 9.59 Å². The van der Waals surface area contributed by atoms with Crippen molar-refractivity contribution in [1.82, 2.24) is 14.8 Å². The second kappa shape index (κ2) is 10.3. The van der Waals surface area contributed by atoms with Gasteiger partial charge < -0.3 is 20.2 Å². The van der Waals surface area contributed by atoms with Gasteiger partial charge in [0.1, 0.15) is 29.1 Å². The number of aromatic nitrogens is 3. The van der Waals surface area contributed by atoms with Crippen LogP contribution in [0.4, 0.5) is 5.82 Å². The maximum absolute atomic E-state index is 12.9. The van der Waals surface area contributed by atoms with Gasteiger partial charge in [0.15, 0.2) is 22.3 Å². The molecule has 11 heteroatoms. The Kier molecular flexibility index (Phi) is 6.96. The fourth-order valence-electron chi connectivity index (χ4n) is 3.63. The highest BCUT2D eigenvalue weighted by molar-refractivity contribution is 6.31. The van der Waals surface area contributed by atoms with Crippen LogP contribution in [0.3, 0.4) is 0 Å². The highest BCUT2D eigenvalue weighted by Crippen LogP contribution is 2.38. The van der Waals surface area contributed by atoms with Crippen molar-refractivity contribution in [3.05, 3.63) is 91.1 Å². The monoisotopic (exact) mass is 514 g/mol. The number of anilines is 1. The molecule has 2 heterocycles. The van der Waals surface area contributed by atoms with Crippen molar-refractivity contribution >= 4 is 17.4 Å². The first-order chi connectivity index (χ1) is 17.8. The number of aromatic amines is 1. The second-order valence-corrected chi connectivity index (χ2v) is 8.17. The molecule has 0 bridgehead atoms. The molecule has 0 saturated heterocycles. The molecule has 2 aromatic carbocycles. The van der Waals surface area contributed by atoms with Crippen molar-refractivity contribution in [3.8, 4) is 46.2 Å². The molecule has 0 amide bonds. The van der Waals surface area contributed by atoms with E-state index in [1.807, 2.05) is 31.2 Å². The molecule has 0 aliphatic rings. The molecule has 184 valence electrons. The first-order valence-corrected chi connectivity index (χ1v) is 11.3. The number of nitrogen functional groups attached to an aromatic ring is 1. The van der Waals surface area contributed by atoms with Gasteiger partial charge in [-0.2, -0.15) is 20.3 Å². The van der Waals surface area contributed by atoms with Crippen molar-refractivity contribution < 1.29 is 9.47 Å². The number of rotatable bonds is 6. The zero-order chi connectivity index (χ0) is 26.7. The molecular weight excluding hydrogens is 496 g/mol. The number of nitrogens with two attached hydrogens (primary N) is 1. The minimum absolute atomic E-state index is 0.000408. The Hall–Kier alpha value is -5.06. The molecule has 0 saturated carbocycles. The van der Waals surface area contributed by atoms with Gasteiger partial charge in [0.05, 0.1) is 18.5 Å². The molecule has 4 rings (SSSR count). The van der Waals surface area contributed by atoms with E-state index < -0.39 is 11.1 Å². The third-order valence-electron chi connectivity index (χ3n) is 5.39. The van der Waals surface area contributed by atoms with Crippen molar-refractivity contribution in [2.45, 2.75) is 13.8 Å². The number of aryl methyl sites for hydroxylation is 1. The Bertz CT molecular complexity index is 1710. The Labute approximate surface area is 215 Å². The van der Waals surface area contributed by atoms with Crippen molar-refractivity contribution in [3.63, 3.8) is 0 Å². The molecule has 3 N–H and O–H groups in total. The lowest BCUT2D eigenvalue weighted by Crippen LogP contribution is -2.21. The van der Waals surface area contributed by atoms with Crippen LogP contribution in [-0.2, 0) is 0 Å². The SMILES string of the molecule is CCOc1cc(-c2c(C#N)c(N)[nH]c(=O)c2C#N)ccc1Oc1cnn(-c2ccc(C)cc2)c(=O)c1Cl. The molecular formula is C26H19ClN6O4. The quantitative estimate of drug-likeness (QED) is 0.389. The molecule has 4 aromatic rings. The second-order valence-electron chi connectivity index (χ2n) is 7.79. The van der Waals surface area contributed by atoms with Crippen LogP contribution in [0, 0.1) is 29.6 Å². The Morgan fingerprint density at radius 2 is 1.76 bits per heavy atom. The van der Waals surface area contributed by atoms with Crippen LogP contribution in [0.1, 0.15) is 23.6 Å². The van der Waals surface area contributed by atoms with Crippen LogP contribution < -0.4 is 26.3 Å². The van der Waals surface area contributed by atoms with E-state index in [2.05, 4.69) is 10.1 Å². The van der Waals surface area contributed by atoms with E-state index in [0.29, 0.717) is 11.3 Å². The molecule has 0 radical (unpaired) electrons. The number of nitrogens with one attached hydrogen (secondary N) is 1. The summed E-state index contributed by atoms with van der Waals surface area (Å²) in [6, 6.07) is 15.5. The van der Waals surface area contributed by atoms with Gasteiger partial charge in [-0.05, 0) is 43.7 Å². The van der Waals surface area contributed by atoms with E-state index in [1.165, 1.54) is 24.4 Å². The zero-order valence-electron chi connectivity index (χ0n) is 19.7. The third-order valence-corrected chi connectivity index (χ3v) is 5.73. The average Bonchev–Trinajstić information content (AvgIpc) is 2.88. The van der Waals surface area contributed by atoms with Crippen molar-refractivity contribution in [1.29, 1.82) is 10.5 Å². The first kappa shape index (κ1) is 25.0. The number of H-pyrrole nitrogens is 1. The standard InChI is InChI=1S/C26H19ClN6O4/c1-3-36-20-10-15(22-17(11-28)24(30)32-25(34)18(22)12-29)6-9-19(20)37-21-13-31-33(26(35)23(21)27)16-7-4-14(2)5-8-16/h4-10,13H,3H2,1-2H3,(H3,30,32,34). The molecule has 10 nitrogen and oxygen atoms in total. The zero-order valence-corrected chi connectivity index (χ0v) is 20.5. The summed E-state index contributed by atoms with van der Waals surface area (Å²) in [5.41, 5.74) is 6.17. The van der Waals surface area contributed by atoms with Crippen LogP contribution in [0.15, 0.2) is 58.3 Å². The maximum Gasteiger partial charge on any atom is 0.294 e. The molecule has 0 aliphatic carbocycles. The van der Waals surface area contributed by atoms with Gasteiger partial charge in [0, 0.05) is 5.56 Å². The lowest BCUT2D eigenvalue weighted by Gasteiger charge is -2.15. The fourth-order valence-corrected chi connectivity index (χ4v) is 3.79. The average molecular weight is 515 g/mol. The molecule has 0 fully saturated rings. The van der Waals surface area contributed by atoms with Crippen LogP contribution in [0.2, 0.25) is 5.02 Å². The predicted octanol–water partition coefficient (Wildman–Crippen LogP) is 4.07. The Morgan fingerprint density at radius 3 is 2.41 bits per heavy atom. The largest absolute Gasteiger partial charge is 0.490 e. The fraction of sp³-hybridized carbons (Fsp3) is 0.115. The van der Waals surface area contributed by atoms with E-state index in [9.17, 15) is 20.1 Å². The maximum atomic E-state index is 12.9. The van der Waals surface area contributed by atoms with Crippen molar-refractivity contribution in [2.75, 3.05) is 12.3 Å². The van der Waals surface area contributed by atoms with Gasteiger partial charge in [-0.15, -0.1) is 0 Å². The van der Waals surface area contributed by atoms with Crippen LogP contribution in [-0.4, -0.2) is 21.4 Å². The Balaban J connectivity index is 1.78. The Morgan fingerprint density at radius 1 is 1.05 bits per heavy atom. The normalized spacial score (nSPS) is 10.4. The van der Waals surface area contributed by atoms with Crippen LogP contribution >= 0.6 is 11.6 Å². The highest BCUT2D eigenvalue weighted by atomic mass is 35.5. The summed E-state index contributed by atoms with van der Waals surface area (Å²) in [4.78, 5) is 27.5. The summed E-state index contributed by atoms with van der Waals surface area (Å²) >= 11 is 6.34. The van der Waals surface area contributed by atoms with Crippen molar-refractivity contribution in [2.24, 2.45) is 0 Å². The summed E-state index contributed by atoms with van der Waals surface area (Å²) in [6.45, 7) is 3.92. The van der Waals surface area contributed by atoms with Gasteiger partial charge in [-0.25, -0.2) is 0 Å². The highest BCUT2D eigenvalue weighted by Gasteiger charge is 2.21. The molecule has 2 aromatic heterocycles. The number of benzene rings is 2. The number of pyridine rings is 1. The summed E-state index contributed by atoms with van der Waals surface area (Å²) in [5.74, 6) is 0.244. The number of hydrogen-bond donors (Lipinski definition) is 2. The van der Waals surface area contributed by atoms with E-state index in [0.717, 1.165) is 10.2 Å². The lowest BCUT2D eigenvalue weighted by molar-refractivity contribution is 0.321. The van der Waals surface area contributed by atoms with Gasteiger partial charge >= 0.3 is 0 Å². The van der Waals surface area contributed by atoms with Crippen LogP contribution in [0.5, 0.6) is 17.2 Å². The number of ether oxygens (including phenoxy) is 2. The summed E-state index contributed by atoms with van der Waals surface area (Å²) in [5, 5.41) is 23.1. The minimum Gasteiger partial charge on any atom is -0.490 e. The molecule has 0 atom stereocenters. The number of halogens is 1. The topological polar surface area (TPSA) is 160 Å². The van der Waals surface area contributed by atoms with E-state index >= 15 is 0 Å². The summed E-state index contributed by atoms with van der Waals surface area (Å²) in [7, 11) is 0. The number of nitrogens with zero attached hydrogens (tertiary/aromatic N) is 4. The third kappa shape index (κ3) is 4.74. The molecule has 37 heavy (non-hydrogen) atoms. The van der Waals surface area contributed by atoms with Gasteiger partial charge in [-0.1, -0.05) is 35.4 Å². The van der Waals surface area contributed by atoms with Crippen LogP contribution in [0.25, 0.3) is 16.8 Å². The number of hydrogen-bond acceptors (Lipinski definition) is 8. The molecule has 0 unspecified atom stereocenters. The number of nitriles is 2. The summed E-state index contributed by atoms with van der Waals surface area (Å²) in [6.07, 6.45) is 1.31. The predicted molar refractivity (Wildman–Crippen MR) is 137 cm³/mol. The lowest BCUT2D eigenvalue weighted by atomic mass is 9.96. The van der Waals surface area contributed by atoms with E-state index in [4.69, 9.17) is 26.8 Å². The minimum atomic E-state index is -0.723. The smallest absolute Gasteiger partial charge is 0.294 e. The van der Waals surface area contributed by atoms with E-state index in [1.54, 1.807) is 19.1 Å². The van der Waals surface area contributed by atoms with Gasteiger partial charge in [0.25, 0.3) is 11.1 Å². The van der Waals surface area contributed by atoms with E-state index in [-0.39, 0.29) is 51.4 Å². The summed E-state index contributed by atoms with van der Waals surface area (Å²) < 4.78 is 12.7. The van der Waals surface area contributed by atoms with Gasteiger partial charge in [0.2, 0.25) is 0 Å². The first-order valence-electron chi connectivity index (χ1n) is 10.9.